The maximum atomic E-state index is 11.0. The third kappa shape index (κ3) is 15.4. The van der Waals surface area contributed by atoms with Gasteiger partial charge in [-0.3, -0.25) is 0 Å². The number of benzene rings is 7. The number of hydrogen-bond donors (Lipinski definition) is 3. The monoisotopic (exact) mass is 1290 g/mol. The summed E-state index contributed by atoms with van der Waals surface area (Å²) in [4.78, 5) is 2.19. The fraction of sp³-hybridized carbons (Fsp3) is 0.412. The number of likely N-dealkylation sites (N-methyl/N-ethyl adjacent to an activating group) is 1. The Morgan fingerprint density at radius 1 is 0.670 bits per heavy atom. The summed E-state index contributed by atoms with van der Waals surface area (Å²) < 4.78 is 67.7. The van der Waals surface area contributed by atoms with Crippen LogP contribution in [0.2, 0.25) is 0 Å². The van der Waals surface area contributed by atoms with E-state index in [-0.39, 0.29) is 52.0 Å². The van der Waals surface area contributed by atoms with Crippen molar-refractivity contribution in [1.82, 2.24) is 0 Å². The van der Waals surface area contributed by atoms with E-state index in [4.69, 9.17) is 23.7 Å². The molecule has 0 aromatic heterocycles. The summed E-state index contributed by atoms with van der Waals surface area (Å²) in [6.07, 6.45) is 17.9. The molecule has 12 rings (SSSR count). The number of aliphatic hydroxyl groups is 2. The molecule has 94 heavy (non-hydrogen) atoms. The van der Waals surface area contributed by atoms with Crippen LogP contribution in [0.25, 0.3) is 21.5 Å². The van der Waals surface area contributed by atoms with Crippen LogP contribution < -0.4 is 9.64 Å². The summed E-state index contributed by atoms with van der Waals surface area (Å²) in [6, 6.07) is 47.6. The van der Waals surface area contributed by atoms with Gasteiger partial charge in [-0.05, 0) is 197 Å². The fourth-order valence-electron chi connectivity index (χ4n) is 14.7. The van der Waals surface area contributed by atoms with Crippen LogP contribution in [-0.2, 0) is 39.9 Å². The Kier molecular flexibility index (Phi) is 21.3. The van der Waals surface area contributed by atoms with Crippen LogP contribution in [0.4, 0.5) is 11.4 Å². The van der Waals surface area contributed by atoms with Crippen LogP contribution in [-0.4, -0.2) is 89.3 Å². The molecule has 0 spiro atoms. The van der Waals surface area contributed by atoms with Gasteiger partial charge in [0.25, 0.3) is 0 Å². The zero-order valence-electron chi connectivity index (χ0n) is 56.1. The van der Waals surface area contributed by atoms with Crippen molar-refractivity contribution in [2.24, 2.45) is 0 Å². The highest BCUT2D eigenvalue weighted by molar-refractivity contribution is 7.85. The van der Waals surface area contributed by atoms with Crippen molar-refractivity contribution in [2.75, 3.05) is 19.0 Å². The van der Waals surface area contributed by atoms with Crippen molar-refractivity contribution in [3.8, 4) is 11.5 Å². The molecule has 13 nitrogen and oxygen atoms in total. The molecule has 7 aromatic rings. The van der Waals surface area contributed by atoms with Crippen LogP contribution in [0.15, 0.2) is 197 Å². The Morgan fingerprint density at radius 3 is 1.91 bits per heavy atom. The number of aromatic hydroxyl groups is 1. The molecule has 8 atom stereocenters. The Hall–Kier alpha value is -7.24. The number of aliphatic hydroxyl groups excluding tert-OH is 2. The molecule has 2 fully saturated rings. The van der Waals surface area contributed by atoms with E-state index in [0.717, 1.165) is 104 Å². The van der Waals surface area contributed by atoms with Crippen molar-refractivity contribution in [2.45, 2.75) is 203 Å². The lowest BCUT2D eigenvalue weighted by atomic mass is 9.78. The highest BCUT2D eigenvalue weighted by Gasteiger charge is 2.45. The smallest absolute Gasteiger partial charge is 0.210 e. The highest BCUT2D eigenvalue weighted by atomic mass is 32.2. The number of anilines is 1. The molecule has 0 saturated carbocycles. The second kappa shape index (κ2) is 29.4. The van der Waals surface area contributed by atoms with E-state index in [1.54, 1.807) is 24.3 Å². The van der Waals surface area contributed by atoms with E-state index in [1.165, 1.54) is 67.6 Å². The number of hydrogen-bond acceptors (Lipinski definition) is 12. The van der Waals surface area contributed by atoms with E-state index < -0.39 is 28.8 Å². The van der Waals surface area contributed by atoms with Crippen LogP contribution in [0.5, 0.6) is 11.5 Å². The lowest BCUT2D eigenvalue weighted by molar-refractivity contribution is -0.401. The Balaban J connectivity index is 0.000000744. The van der Waals surface area contributed by atoms with E-state index in [2.05, 4.69) is 160 Å². The molecule has 7 aromatic carbocycles. The normalized spacial score (nSPS) is 23.4. The van der Waals surface area contributed by atoms with Gasteiger partial charge in [0.1, 0.15) is 34.4 Å². The van der Waals surface area contributed by atoms with Gasteiger partial charge in [0, 0.05) is 65.5 Å². The maximum Gasteiger partial charge on any atom is 0.210 e. The van der Waals surface area contributed by atoms with Gasteiger partial charge >= 0.3 is 0 Å². The van der Waals surface area contributed by atoms with Crippen LogP contribution in [0.1, 0.15) is 172 Å². The second-order valence-corrected chi connectivity index (χ2v) is 28.7. The molecule has 0 radical (unpaired) electrons. The average molecular weight is 1290 g/mol. The molecular formula is C80H94N2O11S. The largest absolute Gasteiger partial charge is 0.744 e. The first-order valence-corrected chi connectivity index (χ1v) is 35.3. The van der Waals surface area contributed by atoms with Crippen molar-refractivity contribution in [1.29, 1.82) is 0 Å². The summed E-state index contributed by atoms with van der Waals surface area (Å²) in [5.41, 5.74) is 12.1. The Bertz CT molecular complexity index is 4130. The van der Waals surface area contributed by atoms with E-state index >= 15 is 0 Å². The highest BCUT2D eigenvalue weighted by Crippen LogP contribution is 2.51. The molecule has 3 N–H and O–H groups in total. The number of nitrogens with zero attached hydrogens (tertiary/aromatic N) is 2. The minimum absolute atomic E-state index is 0.0255. The van der Waals surface area contributed by atoms with Crippen molar-refractivity contribution >= 4 is 48.7 Å². The second-order valence-electron chi connectivity index (χ2n) is 27.3. The number of phenolic OH excluding ortho intramolecular Hbond substituents is 1. The number of rotatable bonds is 20. The van der Waals surface area contributed by atoms with E-state index in [9.17, 15) is 28.3 Å². The van der Waals surface area contributed by atoms with E-state index in [1.807, 2.05) is 45.0 Å². The van der Waals surface area contributed by atoms with Crippen molar-refractivity contribution in [3.63, 3.8) is 0 Å². The summed E-state index contributed by atoms with van der Waals surface area (Å²) in [7, 11) is 0.121. The molecule has 0 bridgehead atoms. The zero-order chi connectivity index (χ0) is 66.5. The van der Waals surface area contributed by atoms with Gasteiger partial charge in [0.05, 0.1) is 46.9 Å². The molecule has 0 amide bonds. The number of phenols is 1. The average Bonchev–Trinajstić information content (AvgIpc) is 1.58. The quantitative estimate of drug-likeness (QED) is 0.0488. The number of aryl methyl sites for hydroxylation is 1. The first kappa shape index (κ1) is 68.2. The van der Waals surface area contributed by atoms with E-state index in [0.29, 0.717) is 25.0 Å². The standard InChI is InChI=1S/C73H86N2O8.C7H8O3S/c1-9-53(76)26-18-29-57-45-58(81-70(80-57)51-24-16-27-55(78)42-51)30-19-31-59-46-60(44-54(77)10-2)83-71(82-59)52-25-17-28-56(43-52)79-69-49(36-40-65-72(3,4)67-61-32-13-11-20-47(61)34-38-63(67)74(65)7)22-15-23-50(69)37-41-66-73(5,6)68-62-33-14-12-21-48(62)35-39-64(68)75(66)8;1-6-2-4-7(5-3-6)11(8,9)10/h11-14,16-17,20-21,24-25,27-28,32-43,53-54,57-60,70-71,76-77H,9-10,15,18-19,22-23,26,29-31,44-46H2,1-8H3;2-5H,1H3,(H,8,9,10). The zero-order valence-corrected chi connectivity index (χ0v) is 56.9. The summed E-state index contributed by atoms with van der Waals surface area (Å²) in [5, 5.41) is 36.7. The Morgan fingerprint density at radius 2 is 1.27 bits per heavy atom. The molecule has 8 unspecified atom stereocenters. The van der Waals surface area contributed by atoms with Gasteiger partial charge < -0.3 is 48.5 Å². The maximum absolute atomic E-state index is 11.0. The minimum atomic E-state index is -4.27. The predicted molar refractivity (Wildman–Crippen MR) is 373 cm³/mol. The summed E-state index contributed by atoms with van der Waals surface area (Å²) in [6.45, 7) is 15.2. The third-order valence-corrected chi connectivity index (χ3v) is 20.7. The molecule has 2 saturated heterocycles. The fourth-order valence-corrected chi connectivity index (χ4v) is 15.2. The minimum Gasteiger partial charge on any atom is -0.744 e. The van der Waals surface area contributed by atoms with Crippen LogP contribution in [0.3, 0.4) is 0 Å². The molecular weight excluding hydrogens is 1200 g/mol. The number of allylic oxidation sites excluding steroid dienone is 7. The third-order valence-electron chi connectivity index (χ3n) is 19.9. The lowest BCUT2D eigenvalue weighted by Crippen LogP contribution is -2.36. The lowest BCUT2D eigenvalue weighted by Gasteiger charge is -2.38. The van der Waals surface area contributed by atoms with Gasteiger partial charge in [0.15, 0.2) is 18.3 Å². The number of fused-ring (bicyclic) bond motifs is 6. The molecule has 14 heteroatoms. The SMILES string of the molecule is CCC(O)CCCC1CC(CCCC2CC(CC(O)CC)OC(c3cccc(OC4=C(/C=C/C5=[N+](C)c6ccc7ccccc7c6C5(C)C)CCC/C4=C\C=C4\N(C)c5ccc6ccccc6c5C4(C)C)c3)O2)OC(c2cccc(O)c2)O1.Cc1ccc(S(=O)(=O)[O-])cc1. The van der Waals surface area contributed by atoms with Gasteiger partial charge in [-0.25, -0.2) is 8.42 Å². The molecule has 4 aliphatic heterocycles. The van der Waals surface area contributed by atoms with Gasteiger partial charge in [0.2, 0.25) is 5.69 Å². The van der Waals surface area contributed by atoms with Crippen molar-refractivity contribution in [3.05, 3.63) is 220 Å². The van der Waals surface area contributed by atoms with Gasteiger partial charge in [-0.15, -0.1) is 0 Å². The molecule has 496 valence electrons. The molecule has 4 heterocycles. The molecule has 5 aliphatic rings. The first-order chi connectivity index (χ1) is 45.1. The van der Waals surface area contributed by atoms with Crippen LogP contribution in [0, 0.1) is 6.92 Å². The van der Waals surface area contributed by atoms with Crippen molar-refractivity contribution < 1.29 is 56.5 Å². The first-order valence-electron chi connectivity index (χ1n) is 33.9. The summed E-state index contributed by atoms with van der Waals surface area (Å²) >= 11 is 0. The van der Waals surface area contributed by atoms with Gasteiger partial charge in [-0.1, -0.05) is 130 Å². The van der Waals surface area contributed by atoms with Gasteiger partial charge in [-0.2, -0.15) is 4.58 Å². The topological polar surface area (TPSA) is 170 Å². The molecule has 1 aliphatic carbocycles. The number of ether oxygens (including phenoxy) is 5. The summed E-state index contributed by atoms with van der Waals surface area (Å²) in [5.74, 6) is 1.76. The Labute approximate surface area is 556 Å². The van der Waals surface area contributed by atoms with Crippen LogP contribution >= 0.6 is 0 Å². The predicted octanol–water partition coefficient (Wildman–Crippen LogP) is 17.2.